The van der Waals surface area contributed by atoms with Gasteiger partial charge in [-0.2, -0.15) is 0 Å². The summed E-state index contributed by atoms with van der Waals surface area (Å²) in [4.78, 5) is 2.36. The van der Waals surface area contributed by atoms with Gasteiger partial charge in [0, 0.05) is 28.6 Å². The summed E-state index contributed by atoms with van der Waals surface area (Å²) in [5, 5.41) is 5.46. The largest absolute Gasteiger partial charge is 0.464 e. The van der Waals surface area contributed by atoms with E-state index >= 15 is 0 Å². The van der Waals surface area contributed by atoms with Crippen molar-refractivity contribution in [3.05, 3.63) is 35.0 Å². The molecule has 3 nitrogen and oxygen atoms in total. The molecule has 1 N–H and O–H groups in total. The fraction of sp³-hybridized carbons (Fsp3) is 0.429. The third-order valence-corrected chi connectivity index (χ3v) is 3.78. The Kier molecular flexibility index (Phi) is 3.29. The molecule has 0 saturated carbocycles. The number of hydrogen-bond acceptors (Lipinski definition) is 3. The quantitative estimate of drug-likeness (QED) is 0.858. The smallest absolute Gasteiger partial charge is 0.134 e. The highest BCUT2D eigenvalue weighted by molar-refractivity contribution is 6.31. The first-order valence-corrected chi connectivity index (χ1v) is 6.70. The Morgan fingerprint density at radius 3 is 3.22 bits per heavy atom. The minimum absolute atomic E-state index is 0.317. The molecule has 3 rings (SSSR count). The van der Waals surface area contributed by atoms with Crippen LogP contribution in [0.25, 0.3) is 11.0 Å². The number of benzene rings is 1. The van der Waals surface area contributed by atoms with Crippen LogP contribution in [-0.4, -0.2) is 31.6 Å². The molecule has 96 valence electrons. The second kappa shape index (κ2) is 4.92. The first-order valence-electron chi connectivity index (χ1n) is 6.32. The summed E-state index contributed by atoms with van der Waals surface area (Å²) in [5.74, 6) is 0. The predicted molar refractivity (Wildman–Crippen MR) is 74.1 cm³/mol. The average molecular weight is 265 g/mol. The molecular weight excluding hydrogens is 248 g/mol. The summed E-state index contributed by atoms with van der Waals surface area (Å²) in [6.45, 7) is 3.18. The van der Waals surface area contributed by atoms with Gasteiger partial charge in [0.05, 0.1) is 6.26 Å². The first kappa shape index (κ1) is 12.0. The van der Waals surface area contributed by atoms with Crippen molar-refractivity contribution in [2.45, 2.75) is 12.5 Å². The number of rotatable bonds is 1. The third-order valence-electron chi connectivity index (χ3n) is 3.54. The average Bonchev–Trinajstić information content (AvgIpc) is 2.64. The monoisotopic (exact) mass is 264 g/mol. The normalized spacial score (nSPS) is 22.2. The van der Waals surface area contributed by atoms with Gasteiger partial charge < -0.3 is 14.6 Å². The molecule has 1 aromatic heterocycles. The lowest BCUT2D eigenvalue weighted by atomic mass is 10.1. The zero-order valence-electron chi connectivity index (χ0n) is 10.4. The van der Waals surface area contributed by atoms with Crippen LogP contribution in [-0.2, 0) is 0 Å². The molecule has 2 aromatic rings. The number of fused-ring (bicyclic) bond motifs is 1. The third kappa shape index (κ3) is 2.26. The Bertz CT molecular complexity index is 552. The Balaban J connectivity index is 1.99. The van der Waals surface area contributed by atoms with Gasteiger partial charge in [0.25, 0.3) is 0 Å². The second-order valence-electron chi connectivity index (χ2n) is 4.95. The van der Waals surface area contributed by atoms with Gasteiger partial charge in [0.15, 0.2) is 0 Å². The van der Waals surface area contributed by atoms with E-state index in [0.717, 1.165) is 35.6 Å². The Hall–Kier alpha value is -1.03. The Morgan fingerprint density at radius 2 is 2.33 bits per heavy atom. The standard InChI is InChI=1S/C14H17ClN2O/c1-17-6-2-5-16-13(8-17)12-9-18-14-4-3-10(15)7-11(12)14/h3-4,7,9,13,16H,2,5-6,8H2,1H3. The van der Waals surface area contributed by atoms with Crippen LogP contribution in [0, 0.1) is 0 Å². The summed E-state index contributed by atoms with van der Waals surface area (Å²) < 4.78 is 5.62. The second-order valence-corrected chi connectivity index (χ2v) is 5.39. The number of nitrogens with one attached hydrogen (secondary N) is 1. The van der Waals surface area contributed by atoms with Crippen molar-refractivity contribution >= 4 is 22.6 Å². The lowest BCUT2D eigenvalue weighted by molar-refractivity contribution is 0.326. The zero-order valence-corrected chi connectivity index (χ0v) is 11.2. The van der Waals surface area contributed by atoms with Gasteiger partial charge in [0.2, 0.25) is 0 Å². The fourth-order valence-corrected chi connectivity index (χ4v) is 2.76. The van der Waals surface area contributed by atoms with E-state index in [1.165, 1.54) is 12.0 Å². The molecule has 1 fully saturated rings. The van der Waals surface area contributed by atoms with Crippen LogP contribution in [0.2, 0.25) is 5.02 Å². The van der Waals surface area contributed by atoms with Gasteiger partial charge in [-0.15, -0.1) is 0 Å². The first-order chi connectivity index (χ1) is 8.74. The number of likely N-dealkylation sites (N-methyl/N-ethyl adjacent to an activating group) is 1. The molecule has 0 aliphatic carbocycles. The number of halogens is 1. The molecule has 1 saturated heterocycles. The molecule has 0 spiro atoms. The maximum Gasteiger partial charge on any atom is 0.134 e. The lowest BCUT2D eigenvalue weighted by Crippen LogP contribution is -2.28. The molecule has 0 bridgehead atoms. The van der Waals surface area contributed by atoms with Crippen LogP contribution < -0.4 is 5.32 Å². The SMILES string of the molecule is CN1CCCNC(c2coc3ccc(Cl)cc23)C1. The summed E-state index contributed by atoms with van der Waals surface area (Å²) in [7, 11) is 2.16. The highest BCUT2D eigenvalue weighted by Gasteiger charge is 2.20. The van der Waals surface area contributed by atoms with Crippen molar-refractivity contribution in [1.82, 2.24) is 10.2 Å². The van der Waals surface area contributed by atoms with Gasteiger partial charge >= 0.3 is 0 Å². The molecule has 1 aromatic carbocycles. The van der Waals surface area contributed by atoms with Gasteiger partial charge in [-0.3, -0.25) is 0 Å². The molecule has 1 unspecified atom stereocenters. The summed E-state index contributed by atoms with van der Waals surface area (Å²) in [6.07, 6.45) is 3.04. The van der Waals surface area contributed by atoms with Gasteiger partial charge in [-0.05, 0) is 44.8 Å². The predicted octanol–water partition coefficient (Wildman–Crippen LogP) is 3.05. The maximum atomic E-state index is 6.07. The summed E-state index contributed by atoms with van der Waals surface area (Å²) >= 11 is 6.07. The van der Waals surface area contributed by atoms with E-state index in [4.69, 9.17) is 16.0 Å². The lowest BCUT2D eigenvalue weighted by Gasteiger charge is -2.19. The van der Waals surface area contributed by atoms with Gasteiger partial charge in [-0.1, -0.05) is 11.6 Å². The van der Waals surface area contributed by atoms with Crippen LogP contribution in [0.1, 0.15) is 18.0 Å². The van der Waals surface area contributed by atoms with Crippen LogP contribution in [0.3, 0.4) is 0 Å². The van der Waals surface area contributed by atoms with Crippen LogP contribution >= 0.6 is 11.6 Å². The van der Waals surface area contributed by atoms with Crippen LogP contribution in [0.15, 0.2) is 28.9 Å². The van der Waals surface area contributed by atoms with Crippen molar-refractivity contribution < 1.29 is 4.42 Å². The van der Waals surface area contributed by atoms with Crippen molar-refractivity contribution in [3.63, 3.8) is 0 Å². The number of hydrogen-bond donors (Lipinski definition) is 1. The van der Waals surface area contributed by atoms with E-state index in [1.54, 1.807) is 0 Å². The Labute approximate surface area is 112 Å². The highest BCUT2D eigenvalue weighted by atomic mass is 35.5. The van der Waals surface area contributed by atoms with Crippen molar-refractivity contribution in [2.24, 2.45) is 0 Å². The molecular formula is C14H17ClN2O. The van der Waals surface area contributed by atoms with E-state index in [9.17, 15) is 0 Å². The van der Waals surface area contributed by atoms with E-state index < -0.39 is 0 Å². The van der Waals surface area contributed by atoms with Crippen molar-refractivity contribution in [3.8, 4) is 0 Å². The maximum absolute atomic E-state index is 6.07. The summed E-state index contributed by atoms with van der Waals surface area (Å²) in [6, 6.07) is 6.10. The van der Waals surface area contributed by atoms with E-state index in [1.807, 2.05) is 24.5 Å². The molecule has 0 radical (unpaired) electrons. The minimum Gasteiger partial charge on any atom is -0.464 e. The molecule has 18 heavy (non-hydrogen) atoms. The fourth-order valence-electron chi connectivity index (χ4n) is 2.59. The van der Waals surface area contributed by atoms with E-state index in [-0.39, 0.29) is 0 Å². The van der Waals surface area contributed by atoms with Crippen molar-refractivity contribution in [1.29, 1.82) is 0 Å². The molecule has 4 heteroatoms. The molecule has 2 heterocycles. The minimum atomic E-state index is 0.317. The Morgan fingerprint density at radius 1 is 1.44 bits per heavy atom. The van der Waals surface area contributed by atoms with Gasteiger partial charge in [-0.25, -0.2) is 0 Å². The van der Waals surface area contributed by atoms with E-state index in [2.05, 4.69) is 17.3 Å². The number of nitrogens with zero attached hydrogens (tertiary/aromatic N) is 1. The summed E-state index contributed by atoms with van der Waals surface area (Å²) in [5.41, 5.74) is 2.12. The molecule has 1 aliphatic heterocycles. The van der Waals surface area contributed by atoms with Crippen LogP contribution in [0.5, 0.6) is 0 Å². The van der Waals surface area contributed by atoms with Gasteiger partial charge in [0.1, 0.15) is 5.58 Å². The molecule has 1 aliphatic rings. The number of furan rings is 1. The zero-order chi connectivity index (χ0) is 12.5. The molecule has 0 amide bonds. The van der Waals surface area contributed by atoms with Crippen LogP contribution in [0.4, 0.5) is 0 Å². The highest BCUT2D eigenvalue weighted by Crippen LogP contribution is 2.29. The van der Waals surface area contributed by atoms with E-state index in [0.29, 0.717) is 6.04 Å². The van der Waals surface area contributed by atoms with Crippen molar-refractivity contribution in [2.75, 3.05) is 26.7 Å². The molecule has 1 atom stereocenters. The topological polar surface area (TPSA) is 28.4 Å².